The second kappa shape index (κ2) is 8.48. The SMILES string of the molecule is CC(C)COCCCCC(C)(NC(C)C)C(=O)O. The normalized spacial score (nSPS) is 15.1. The second-order valence-corrected chi connectivity index (χ2v) is 5.86. The summed E-state index contributed by atoms with van der Waals surface area (Å²) in [4.78, 5) is 11.3. The fraction of sp³-hybridized carbons (Fsp3) is 0.929. The van der Waals surface area contributed by atoms with Crippen molar-refractivity contribution in [2.24, 2.45) is 5.92 Å². The molecule has 2 N–H and O–H groups in total. The number of carboxylic acid groups (broad SMARTS) is 1. The molecule has 0 saturated heterocycles. The fourth-order valence-electron chi connectivity index (χ4n) is 1.88. The molecular formula is C14H29NO3. The number of rotatable bonds is 10. The van der Waals surface area contributed by atoms with Gasteiger partial charge in [-0.25, -0.2) is 0 Å². The van der Waals surface area contributed by atoms with Crippen LogP contribution in [0.3, 0.4) is 0 Å². The van der Waals surface area contributed by atoms with E-state index in [0.29, 0.717) is 12.3 Å². The largest absolute Gasteiger partial charge is 0.480 e. The van der Waals surface area contributed by atoms with Crippen molar-refractivity contribution < 1.29 is 14.6 Å². The van der Waals surface area contributed by atoms with E-state index in [1.165, 1.54) is 0 Å². The van der Waals surface area contributed by atoms with Gasteiger partial charge >= 0.3 is 5.97 Å². The first kappa shape index (κ1) is 17.4. The van der Waals surface area contributed by atoms with Gasteiger partial charge < -0.3 is 9.84 Å². The molecule has 0 bridgehead atoms. The number of nitrogens with one attached hydrogen (secondary N) is 1. The van der Waals surface area contributed by atoms with Gasteiger partial charge in [-0.1, -0.05) is 13.8 Å². The standard InChI is InChI=1S/C14H29NO3/c1-11(2)10-18-9-7-6-8-14(5,13(16)17)15-12(3)4/h11-12,15H,6-10H2,1-5H3,(H,16,17). The summed E-state index contributed by atoms with van der Waals surface area (Å²) in [5.41, 5.74) is -0.827. The smallest absolute Gasteiger partial charge is 0.323 e. The Labute approximate surface area is 111 Å². The van der Waals surface area contributed by atoms with Crippen LogP contribution < -0.4 is 5.32 Å². The summed E-state index contributed by atoms with van der Waals surface area (Å²) in [6, 6.07) is 0.170. The van der Waals surface area contributed by atoms with Gasteiger partial charge in [-0.3, -0.25) is 10.1 Å². The lowest BCUT2D eigenvalue weighted by molar-refractivity contribution is -0.144. The van der Waals surface area contributed by atoms with E-state index in [1.54, 1.807) is 6.92 Å². The fourth-order valence-corrected chi connectivity index (χ4v) is 1.88. The Morgan fingerprint density at radius 3 is 2.33 bits per heavy atom. The van der Waals surface area contributed by atoms with E-state index in [2.05, 4.69) is 19.2 Å². The quantitative estimate of drug-likeness (QED) is 0.592. The molecule has 0 aliphatic carbocycles. The third-order valence-corrected chi connectivity index (χ3v) is 2.75. The van der Waals surface area contributed by atoms with Crippen LogP contribution in [0.15, 0.2) is 0 Å². The molecule has 0 aromatic carbocycles. The summed E-state index contributed by atoms with van der Waals surface area (Å²) >= 11 is 0. The maximum atomic E-state index is 11.3. The van der Waals surface area contributed by atoms with Crippen molar-refractivity contribution in [2.45, 2.75) is 65.5 Å². The molecule has 0 aromatic rings. The van der Waals surface area contributed by atoms with Crippen molar-refractivity contribution in [3.63, 3.8) is 0 Å². The van der Waals surface area contributed by atoms with Gasteiger partial charge in [0.25, 0.3) is 0 Å². The van der Waals surface area contributed by atoms with Gasteiger partial charge in [0.2, 0.25) is 0 Å². The number of carboxylic acids is 1. The Kier molecular flexibility index (Phi) is 8.20. The number of hydrogen-bond acceptors (Lipinski definition) is 3. The van der Waals surface area contributed by atoms with Crippen molar-refractivity contribution in [2.75, 3.05) is 13.2 Å². The van der Waals surface area contributed by atoms with Crippen molar-refractivity contribution in [3.05, 3.63) is 0 Å². The monoisotopic (exact) mass is 259 g/mol. The third kappa shape index (κ3) is 7.67. The first-order valence-electron chi connectivity index (χ1n) is 6.86. The summed E-state index contributed by atoms with van der Waals surface area (Å²) in [5.74, 6) is -0.226. The van der Waals surface area contributed by atoms with Gasteiger partial charge in [-0.15, -0.1) is 0 Å². The van der Waals surface area contributed by atoms with Crippen LogP contribution in [0.4, 0.5) is 0 Å². The van der Waals surface area contributed by atoms with E-state index < -0.39 is 11.5 Å². The maximum Gasteiger partial charge on any atom is 0.323 e. The minimum Gasteiger partial charge on any atom is -0.480 e. The number of aliphatic carboxylic acids is 1. The molecule has 0 saturated carbocycles. The Hall–Kier alpha value is -0.610. The van der Waals surface area contributed by atoms with Gasteiger partial charge in [0.1, 0.15) is 5.54 Å². The predicted octanol–water partition coefficient (Wildman–Crippen LogP) is 2.67. The van der Waals surface area contributed by atoms with Crippen LogP contribution in [-0.4, -0.2) is 35.9 Å². The molecule has 0 heterocycles. The maximum absolute atomic E-state index is 11.3. The summed E-state index contributed by atoms with van der Waals surface area (Å²) in [5, 5.41) is 12.4. The first-order chi connectivity index (χ1) is 8.28. The molecule has 4 heteroatoms. The molecule has 0 fully saturated rings. The number of ether oxygens (including phenoxy) is 1. The van der Waals surface area contributed by atoms with E-state index in [0.717, 1.165) is 26.1 Å². The van der Waals surface area contributed by atoms with Gasteiger partial charge in [0.05, 0.1) is 0 Å². The van der Waals surface area contributed by atoms with E-state index in [9.17, 15) is 9.90 Å². The average Bonchev–Trinajstić information content (AvgIpc) is 2.21. The van der Waals surface area contributed by atoms with Crippen molar-refractivity contribution in [1.29, 1.82) is 0 Å². The van der Waals surface area contributed by atoms with E-state index in [4.69, 9.17) is 4.74 Å². The molecule has 0 aliphatic heterocycles. The minimum atomic E-state index is -0.827. The number of unbranched alkanes of at least 4 members (excludes halogenated alkanes) is 1. The third-order valence-electron chi connectivity index (χ3n) is 2.75. The molecule has 108 valence electrons. The van der Waals surface area contributed by atoms with Crippen LogP contribution in [0.2, 0.25) is 0 Å². The van der Waals surface area contributed by atoms with Crippen LogP contribution in [0.5, 0.6) is 0 Å². The molecule has 0 spiro atoms. The van der Waals surface area contributed by atoms with Crippen LogP contribution in [-0.2, 0) is 9.53 Å². The first-order valence-corrected chi connectivity index (χ1v) is 6.86. The molecule has 0 aromatic heterocycles. The highest BCUT2D eigenvalue weighted by atomic mass is 16.5. The topological polar surface area (TPSA) is 58.6 Å². The lowest BCUT2D eigenvalue weighted by Gasteiger charge is -2.28. The Bertz CT molecular complexity index is 241. The average molecular weight is 259 g/mol. The molecule has 0 rings (SSSR count). The van der Waals surface area contributed by atoms with Crippen molar-refractivity contribution in [3.8, 4) is 0 Å². The minimum absolute atomic E-state index is 0.170. The Morgan fingerprint density at radius 2 is 1.89 bits per heavy atom. The molecule has 1 unspecified atom stereocenters. The second-order valence-electron chi connectivity index (χ2n) is 5.86. The lowest BCUT2D eigenvalue weighted by atomic mass is 9.94. The molecular weight excluding hydrogens is 230 g/mol. The van der Waals surface area contributed by atoms with Crippen LogP contribution >= 0.6 is 0 Å². The van der Waals surface area contributed by atoms with E-state index >= 15 is 0 Å². The predicted molar refractivity (Wildman–Crippen MR) is 73.8 cm³/mol. The molecule has 0 amide bonds. The molecule has 0 radical (unpaired) electrons. The van der Waals surface area contributed by atoms with E-state index in [1.807, 2.05) is 13.8 Å². The Balaban J connectivity index is 3.88. The zero-order valence-corrected chi connectivity index (χ0v) is 12.5. The highest BCUT2D eigenvalue weighted by Crippen LogP contribution is 2.15. The van der Waals surface area contributed by atoms with Gasteiger partial charge in [0, 0.05) is 19.3 Å². The van der Waals surface area contributed by atoms with E-state index in [-0.39, 0.29) is 6.04 Å². The molecule has 4 nitrogen and oxygen atoms in total. The summed E-state index contributed by atoms with van der Waals surface area (Å²) in [6.45, 7) is 11.4. The number of carbonyl (C=O) groups is 1. The van der Waals surface area contributed by atoms with Crippen LogP contribution in [0.25, 0.3) is 0 Å². The molecule has 1 atom stereocenters. The Morgan fingerprint density at radius 1 is 1.28 bits per heavy atom. The highest BCUT2D eigenvalue weighted by Gasteiger charge is 2.32. The molecule has 18 heavy (non-hydrogen) atoms. The van der Waals surface area contributed by atoms with Gasteiger partial charge in [-0.2, -0.15) is 0 Å². The van der Waals surface area contributed by atoms with Gasteiger partial charge in [0.15, 0.2) is 0 Å². The highest BCUT2D eigenvalue weighted by molar-refractivity contribution is 5.78. The summed E-state index contributed by atoms with van der Waals surface area (Å²) < 4.78 is 5.48. The van der Waals surface area contributed by atoms with Gasteiger partial charge in [-0.05, 0) is 46.0 Å². The lowest BCUT2D eigenvalue weighted by Crippen LogP contribution is -2.52. The van der Waals surface area contributed by atoms with Crippen molar-refractivity contribution in [1.82, 2.24) is 5.32 Å². The van der Waals surface area contributed by atoms with Crippen LogP contribution in [0, 0.1) is 5.92 Å². The number of hydrogen-bond donors (Lipinski definition) is 2. The van der Waals surface area contributed by atoms with Crippen LogP contribution in [0.1, 0.15) is 53.9 Å². The van der Waals surface area contributed by atoms with Crippen molar-refractivity contribution >= 4 is 5.97 Å². The summed E-state index contributed by atoms with van der Waals surface area (Å²) in [6.07, 6.45) is 2.40. The zero-order chi connectivity index (χ0) is 14.2. The zero-order valence-electron chi connectivity index (χ0n) is 12.5. The molecule has 0 aliphatic rings. The summed E-state index contributed by atoms with van der Waals surface area (Å²) in [7, 11) is 0.